The molecular weight excluding hydrogens is 325 g/mol. The molecule has 6 nitrogen and oxygen atoms in total. The van der Waals surface area contributed by atoms with E-state index < -0.39 is 0 Å². The molecule has 0 aliphatic carbocycles. The number of nitrogens with zero attached hydrogens (tertiary/aromatic N) is 3. The van der Waals surface area contributed by atoms with Crippen LogP contribution in [0, 0.1) is 5.82 Å². The van der Waals surface area contributed by atoms with Crippen LogP contribution in [0.1, 0.15) is 10.9 Å². The predicted molar refractivity (Wildman–Crippen MR) is 84.8 cm³/mol. The number of thioether (sulfide) groups is 2. The largest absolute Gasteiger partial charge is 0.368 e. The van der Waals surface area contributed by atoms with Crippen molar-refractivity contribution in [3.8, 4) is 0 Å². The first-order valence-electron chi connectivity index (χ1n) is 6.61. The molecule has 1 aromatic heterocycles. The number of rotatable bonds is 4. The van der Waals surface area contributed by atoms with Gasteiger partial charge in [0.15, 0.2) is 0 Å². The number of nitrogen functional groups attached to an aromatic ring is 1. The Hall–Kier alpha value is -1.74. The molecule has 2 aromatic rings. The molecule has 1 saturated heterocycles. The summed E-state index contributed by atoms with van der Waals surface area (Å²) in [5.74, 6) is 0.864. The number of anilines is 1. The van der Waals surface area contributed by atoms with Crippen molar-refractivity contribution >= 4 is 35.4 Å². The fourth-order valence-corrected chi connectivity index (χ4v) is 4.18. The van der Waals surface area contributed by atoms with Gasteiger partial charge in [-0.1, -0.05) is 30.0 Å². The van der Waals surface area contributed by atoms with Gasteiger partial charge in [0, 0.05) is 17.9 Å². The second-order valence-corrected chi connectivity index (χ2v) is 6.75. The maximum absolute atomic E-state index is 13.9. The highest BCUT2D eigenvalue weighted by Gasteiger charge is 2.32. The highest BCUT2D eigenvalue weighted by molar-refractivity contribution is 8.00. The Kier molecular flexibility index (Phi) is 4.53. The Morgan fingerprint density at radius 2 is 2.36 bits per heavy atom. The van der Waals surface area contributed by atoms with Gasteiger partial charge in [0.25, 0.3) is 0 Å². The van der Waals surface area contributed by atoms with Gasteiger partial charge >= 0.3 is 0 Å². The van der Waals surface area contributed by atoms with E-state index in [1.807, 2.05) is 0 Å². The van der Waals surface area contributed by atoms with Crippen LogP contribution in [0.15, 0.2) is 29.4 Å². The van der Waals surface area contributed by atoms with Gasteiger partial charge in [-0.2, -0.15) is 4.98 Å². The average Bonchev–Trinajstić information content (AvgIpc) is 3.14. The topological polar surface area (TPSA) is 87.9 Å². The number of benzene rings is 1. The highest BCUT2D eigenvalue weighted by Crippen LogP contribution is 2.39. The molecule has 116 valence electrons. The number of carbonyl (C=O) groups is 1. The second kappa shape index (κ2) is 6.57. The first kappa shape index (κ1) is 15.2. The van der Waals surface area contributed by atoms with Crippen molar-refractivity contribution < 1.29 is 9.18 Å². The summed E-state index contributed by atoms with van der Waals surface area (Å²) in [4.78, 5) is 18.0. The molecule has 9 heteroatoms. The third-order valence-corrected chi connectivity index (χ3v) is 5.26. The molecule has 0 saturated carbocycles. The maximum atomic E-state index is 13.9. The van der Waals surface area contributed by atoms with Crippen molar-refractivity contribution in [3.05, 3.63) is 35.6 Å². The Labute approximate surface area is 135 Å². The summed E-state index contributed by atoms with van der Waals surface area (Å²) in [5.41, 5.74) is 5.99. The third-order valence-electron chi connectivity index (χ3n) is 3.19. The number of hydrogen-bond acceptors (Lipinski definition) is 6. The summed E-state index contributed by atoms with van der Waals surface area (Å²) in [6.07, 6.45) is 0. The van der Waals surface area contributed by atoms with E-state index in [0.717, 1.165) is 5.75 Å². The second-order valence-electron chi connectivity index (χ2n) is 4.62. The Balaban J connectivity index is 1.67. The van der Waals surface area contributed by atoms with Crippen molar-refractivity contribution in [2.24, 2.45) is 0 Å². The molecule has 22 heavy (non-hydrogen) atoms. The van der Waals surface area contributed by atoms with E-state index in [2.05, 4.69) is 15.2 Å². The minimum absolute atomic E-state index is 0.0633. The van der Waals surface area contributed by atoms with Crippen LogP contribution < -0.4 is 5.73 Å². The third kappa shape index (κ3) is 3.20. The molecule has 3 rings (SSSR count). The van der Waals surface area contributed by atoms with Gasteiger partial charge in [0.2, 0.25) is 17.0 Å². The SMILES string of the molecule is Nc1nc(SCC(=O)N2CCS[C@H]2c2ccccc2F)n[nH]1. The van der Waals surface area contributed by atoms with Crippen LogP contribution in [-0.4, -0.2) is 44.0 Å². The molecule has 1 fully saturated rings. The maximum Gasteiger partial charge on any atom is 0.234 e. The molecule has 0 radical (unpaired) electrons. The molecule has 1 atom stereocenters. The lowest BCUT2D eigenvalue weighted by atomic mass is 10.2. The Bertz CT molecular complexity index is 680. The van der Waals surface area contributed by atoms with Crippen LogP contribution in [0.5, 0.6) is 0 Å². The number of nitrogens with one attached hydrogen (secondary N) is 1. The average molecular weight is 339 g/mol. The lowest BCUT2D eigenvalue weighted by Crippen LogP contribution is -2.32. The van der Waals surface area contributed by atoms with Crippen molar-refractivity contribution in [2.75, 3.05) is 23.8 Å². The summed E-state index contributed by atoms with van der Waals surface area (Å²) in [6, 6.07) is 6.57. The van der Waals surface area contributed by atoms with E-state index >= 15 is 0 Å². The molecule has 1 amide bonds. The number of amides is 1. The van der Waals surface area contributed by atoms with E-state index in [-0.39, 0.29) is 28.8 Å². The molecule has 1 aliphatic heterocycles. The van der Waals surface area contributed by atoms with Crippen molar-refractivity contribution in [1.29, 1.82) is 0 Å². The zero-order valence-corrected chi connectivity index (χ0v) is 13.2. The number of H-pyrrole nitrogens is 1. The van der Waals surface area contributed by atoms with E-state index in [1.165, 1.54) is 17.8 Å². The van der Waals surface area contributed by atoms with E-state index in [1.54, 1.807) is 34.9 Å². The molecule has 1 aromatic carbocycles. The minimum atomic E-state index is -0.283. The van der Waals surface area contributed by atoms with Crippen LogP contribution in [0.4, 0.5) is 10.3 Å². The zero-order chi connectivity index (χ0) is 15.5. The molecule has 0 unspecified atom stereocenters. The molecule has 0 spiro atoms. The molecule has 2 heterocycles. The lowest BCUT2D eigenvalue weighted by Gasteiger charge is -2.24. The fourth-order valence-electron chi connectivity index (χ4n) is 2.19. The molecule has 1 aliphatic rings. The quantitative estimate of drug-likeness (QED) is 0.827. The first-order chi connectivity index (χ1) is 10.6. The van der Waals surface area contributed by atoms with Crippen molar-refractivity contribution in [1.82, 2.24) is 20.1 Å². The minimum Gasteiger partial charge on any atom is -0.368 e. The fraction of sp³-hybridized carbons (Fsp3) is 0.308. The number of aromatic amines is 1. The van der Waals surface area contributed by atoms with Crippen LogP contribution in [0.25, 0.3) is 0 Å². The van der Waals surface area contributed by atoms with E-state index in [4.69, 9.17) is 5.73 Å². The molecular formula is C13H14FN5OS2. The predicted octanol–water partition coefficient (Wildman–Crippen LogP) is 1.89. The Morgan fingerprint density at radius 1 is 1.55 bits per heavy atom. The number of halogens is 1. The summed E-state index contributed by atoms with van der Waals surface area (Å²) in [5, 5.41) is 6.55. The van der Waals surface area contributed by atoms with Gasteiger partial charge in [0.1, 0.15) is 11.2 Å². The normalized spacial score (nSPS) is 17.9. The smallest absolute Gasteiger partial charge is 0.234 e. The molecule has 3 N–H and O–H groups in total. The summed E-state index contributed by atoms with van der Waals surface area (Å²) in [6.45, 7) is 0.610. The van der Waals surface area contributed by atoms with Gasteiger partial charge in [0.05, 0.1) is 5.75 Å². The van der Waals surface area contributed by atoms with Crippen LogP contribution >= 0.6 is 23.5 Å². The van der Waals surface area contributed by atoms with Gasteiger partial charge < -0.3 is 10.6 Å². The van der Waals surface area contributed by atoms with Gasteiger partial charge in [-0.05, 0) is 6.07 Å². The first-order valence-corrected chi connectivity index (χ1v) is 8.65. The van der Waals surface area contributed by atoms with Crippen LogP contribution in [-0.2, 0) is 4.79 Å². The van der Waals surface area contributed by atoms with Crippen LogP contribution in [0.3, 0.4) is 0 Å². The zero-order valence-electron chi connectivity index (χ0n) is 11.5. The van der Waals surface area contributed by atoms with Gasteiger partial charge in [-0.3, -0.25) is 4.79 Å². The lowest BCUT2D eigenvalue weighted by molar-refractivity contribution is -0.128. The number of nitrogens with two attached hydrogens (primary N) is 1. The highest BCUT2D eigenvalue weighted by atomic mass is 32.2. The van der Waals surface area contributed by atoms with E-state index in [0.29, 0.717) is 17.3 Å². The Morgan fingerprint density at radius 3 is 3.09 bits per heavy atom. The molecule has 0 bridgehead atoms. The standard InChI is InChI=1S/C13H14FN5OS2/c14-9-4-2-1-3-8(9)11-19(5-6-21-11)10(20)7-22-13-16-12(15)17-18-13/h1-4,11H,5-7H2,(H3,15,16,17,18)/t11-/m0/s1. The van der Waals surface area contributed by atoms with Gasteiger partial charge in [-0.25, -0.2) is 9.49 Å². The summed E-state index contributed by atoms with van der Waals surface area (Å²) in [7, 11) is 0. The summed E-state index contributed by atoms with van der Waals surface area (Å²) >= 11 is 2.78. The monoisotopic (exact) mass is 339 g/mol. The van der Waals surface area contributed by atoms with Gasteiger partial charge in [-0.15, -0.1) is 16.9 Å². The van der Waals surface area contributed by atoms with Crippen molar-refractivity contribution in [3.63, 3.8) is 0 Å². The number of aromatic nitrogens is 3. The van der Waals surface area contributed by atoms with E-state index in [9.17, 15) is 9.18 Å². The van der Waals surface area contributed by atoms with Crippen molar-refractivity contribution in [2.45, 2.75) is 10.5 Å². The number of hydrogen-bond donors (Lipinski definition) is 2. The summed E-state index contributed by atoms with van der Waals surface area (Å²) < 4.78 is 13.9. The van der Waals surface area contributed by atoms with Crippen LogP contribution in [0.2, 0.25) is 0 Å². The number of carbonyl (C=O) groups excluding carboxylic acids is 1.